The van der Waals surface area contributed by atoms with E-state index in [2.05, 4.69) is 21.5 Å². The second-order valence-electron chi connectivity index (χ2n) is 4.31. The number of hydrogen-bond acceptors (Lipinski definition) is 4. The maximum absolute atomic E-state index is 5.68. The average Bonchev–Trinajstić information content (AvgIpc) is 2.49. The Labute approximate surface area is 111 Å². The minimum Gasteiger partial charge on any atom is -0.271 e. The first-order valence-electron chi connectivity index (χ1n) is 6.10. The molecule has 0 saturated heterocycles. The number of hydrazine groups is 1. The molecule has 2 aromatic heterocycles. The number of hydrogen-bond donors (Lipinski definition) is 2. The van der Waals surface area contributed by atoms with Crippen LogP contribution in [-0.4, -0.2) is 9.97 Å². The van der Waals surface area contributed by atoms with Crippen molar-refractivity contribution in [2.45, 2.75) is 6.04 Å². The van der Waals surface area contributed by atoms with Crippen molar-refractivity contribution in [1.82, 2.24) is 15.4 Å². The molecule has 2 heterocycles. The highest BCUT2D eigenvalue weighted by molar-refractivity contribution is 5.79. The van der Waals surface area contributed by atoms with Crippen molar-refractivity contribution in [2.75, 3.05) is 0 Å². The first-order valence-corrected chi connectivity index (χ1v) is 6.10. The number of fused-ring (bicyclic) bond motifs is 1. The molecule has 0 bridgehead atoms. The van der Waals surface area contributed by atoms with E-state index in [1.807, 2.05) is 42.5 Å². The average molecular weight is 250 g/mol. The van der Waals surface area contributed by atoms with Crippen LogP contribution in [-0.2, 0) is 0 Å². The minimum absolute atomic E-state index is 0.120. The van der Waals surface area contributed by atoms with Crippen molar-refractivity contribution in [2.24, 2.45) is 5.84 Å². The molecule has 4 nitrogen and oxygen atoms in total. The van der Waals surface area contributed by atoms with Gasteiger partial charge in [-0.3, -0.25) is 15.8 Å². The summed E-state index contributed by atoms with van der Waals surface area (Å²) in [6.45, 7) is 0. The lowest BCUT2D eigenvalue weighted by Gasteiger charge is -2.16. The molecule has 3 rings (SSSR count). The van der Waals surface area contributed by atoms with Crippen LogP contribution in [0.15, 0.2) is 60.9 Å². The molecule has 0 fully saturated rings. The Morgan fingerprint density at radius 2 is 1.84 bits per heavy atom. The number of aromatic nitrogens is 2. The zero-order valence-corrected chi connectivity index (χ0v) is 10.3. The number of rotatable bonds is 3. The molecule has 0 saturated carbocycles. The van der Waals surface area contributed by atoms with Crippen molar-refractivity contribution in [1.29, 1.82) is 0 Å². The van der Waals surface area contributed by atoms with Crippen molar-refractivity contribution in [3.05, 3.63) is 72.2 Å². The normalized spacial score (nSPS) is 12.5. The zero-order chi connectivity index (χ0) is 13.1. The van der Waals surface area contributed by atoms with Gasteiger partial charge in [-0.05, 0) is 35.9 Å². The number of nitrogens with one attached hydrogen (secondary N) is 1. The van der Waals surface area contributed by atoms with Gasteiger partial charge in [0, 0.05) is 17.8 Å². The van der Waals surface area contributed by atoms with Crippen LogP contribution < -0.4 is 11.3 Å². The summed E-state index contributed by atoms with van der Waals surface area (Å²) >= 11 is 0. The van der Waals surface area contributed by atoms with Gasteiger partial charge < -0.3 is 0 Å². The Kier molecular flexibility index (Phi) is 3.18. The quantitative estimate of drug-likeness (QED) is 0.552. The highest BCUT2D eigenvalue weighted by atomic mass is 15.2. The van der Waals surface area contributed by atoms with E-state index >= 15 is 0 Å². The predicted octanol–water partition coefficient (Wildman–Crippen LogP) is 2.18. The van der Waals surface area contributed by atoms with Crippen molar-refractivity contribution in [3.8, 4) is 0 Å². The monoisotopic (exact) mass is 250 g/mol. The fourth-order valence-corrected chi connectivity index (χ4v) is 2.17. The van der Waals surface area contributed by atoms with E-state index in [1.165, 1.54) is 0 Å². The molecular formula is C15H14N4. The van der Waals surface area contributed by atoms with Gasteiger partial charge in [0.1, 0.15) is 0 Å². The van der Waals surface area contributed by atoms with E-state index in [1.54, 1.807) is 12.4 Å². The predicted molar refractivity (Wildman–Crippen MR) is 75.1 cm³/mol. The third-order valence-electron chi connectivity index (χ3n) is 3.11. The standard InChI is InChI=1S/C15H14N4/c16-19-15(14-5-1-2-8-18-14)12-6-7-13-11(10-12)4-3-9-17-13/h1-10,15,19H,16H2. The molecule has 4 heteroatoms. The lowest BCUT2D eigenvalue weighted by atomic mass is 10.0. The van der Waals surface area contributed by atoms with Crippen LogP contribution in [0.5, 0.6) is 0 Å². The number of benzene rings is 1. The maximum atomic E-state index is 5.68. The lowest BCUT2D eigenvalue weighted by molar-refractivity contribution is 0.621. The Bertz CT molecular complexity index is 682. The maximum Gasteiger partial charge on any atom is 0.0881 e. The lowest BCUT2D eigenvalue weighted by Crippen LogP contribution is -2.29. The highest BCUT2D eigenvalue weighted by Crippen LogP contribution is 2.22. The van der Waals surface area contributed by atoms with Crippen LogP contribution in [0.4, 0.5) is 0 Å². The molecular weight excluding hydrogens is 236 g/mol. The molecule has 1 aromatic carbocycles. The van der Waals surface area contributed by atoms with Crippen molar-refractivity contribution >= 4 is 10.9 Å². The van der Waals surface area contributed by atoms with Gasteiger partial charge in [-0.2, -0.15) is 0 Å². The molecule has 94 valence electrons. The van der Waals surface area contributed by atoms with E-state index < -0.39 is 0 Å². The Morgan fingerprint density at radius 3 is 2.63 bits per heavy atom. The van der Waals surface area contributed by atoms with Gasteiger partial charge in [0.25, 0.3) is 0 Å². The fraction of sp³-hybridized carbons (Fsp3) is 0.0667. The van der Waals surface area contributed by atoms with E-state index in [-0.39, 0.29) is 6.04 Å². The van der Waals surface area contributed by atoms with Gasteiger partial charge in [0.2, 0.25) is 0 Å². The summed E-state index contributed by atoms with van der Waals surface area (Å²) in [6, 6.07) is 15.8. The summed E-state index contributed by atoms with van der Waals surface area (Å²) in [6.07, 6.45) is 3.56. The van der Waals surface area contributed by atoms with Crippen LogP contribution in [0.25, 0.3) is 10.9 Å². The summed E-state index contributed by atoms with van der Waals surface area (Å²) in [4.78, 5) is 8.66. The largest absolute Gasteiger partial charge is 0.271 e. The molecule has 19 heavy (non-hydrogen) atoms. The zero-order valence-electron chi connectivity index (χ0n) is 10.3. The molecule has 0 aliphatic heterocycles. The molecule has 1 unspecified atom stereocenters. The Balaban J connectivity index is 2.06. The van der Waals surface area contributed by atoms with Crippen LogP contribution in [0, 0.1) is 0 Å². The number of nitrogens with two attached hydrogens (primary N) is 1. The summed E-state index contributed by atoms with van der Waals surface area (Å²) in [5, 5.41) is 1.09. The first-order chi connectivity index (χ1) is 9.38. The summed E-state index contributed by atoms with van der Waals surface area (Å²) in [5.74, 6) is 5.68. The van der Waals surface area contributed by atoms with Gasteiger partial charge in [-0.15, -0.1) is 0 Å². The van der Waals surface area contributed by atoms with E-state index in [9.17, 15) is 0 Å². The highest BCUT2D eigenvalue weighted by Gasteiger charge is 2.13. The van der Waals surface area contributed by atoms with Crippen LogP contribution in [0.1, 0.15) is 17.3 Å². The molecule has 3 aromatic rings. The molecule has 0 aliphatic carbocycles. The van der Waals surface area contributed by atoms with Crippen LogP contribution >= 0.6 is 0 Å². The third-order valence-corrected chi connectivity index (χ3v) is 3.11. The van der Waals surface area contributed by atoms with E-state index in [4.69, 9.17) is 5.84 Å². The summed E-state index contributed by atoms with van der Waals surface area (Å²) < 4.78 is 0. The fourth-order valence-electron chi connectivity index (χ4n) is 2.17. The smallest absolute Gasteiger partial charge is 0.0881 e. The minimum atomic E-state index is -0.120. The van der Waals surface area contributed by atoms with Gasteiger partial charge in [-0.1, -0.05) is 18.2 Å². The Hall–Kier alpha value is -2.30. The number of nitrogens with zero attached hydrogens (tertiary/aromatic N) is 2. The van der Waals surface area contributed by atoms with Crippen molar-refractivity contribution in [3.63, 3.8) is 0 Å². The van der Waals surface area contributed by atoms with Gasteiger partial charge in [0.05, 0.1) is 17.3 Å². The molecule has 0 radical (unpaired) electrons. The van der Waals surface area contributed by atoms with Gasteiger partial charge in [-0.25, -0.2) is 5.43 Å². The van der Waals surface area contributed by atoms with Crippen molar-refractivity contribution < 1.29 is 0 Å². The molecule has 3 N–H and O–H groups in total. The second-order valence-corrected chi connectivity index (χ2v) is 4.31. The van der Waals surface area contributed by atoms with Gasteiger partial charge >= 0.3 is 0 Å². The van der Waals surface area contributed by atoms with E-state index in [0.29, 0.717) is 0 Å². The molecule has 1 atom stereocenters. The summed E-state index contributed by atoms with van der Waals surface area (Å²) in [5.41, 5.74) is 5.76. The Morgan fingerprint density at radius 1 is 0.947 bits per heavy atom. The second kappa shape index (κ2) is 5.14. The third kappa shape index (κ3) is 2.31. The molecule has 0 amide bonds. The number of pyridine rings is 2. The van der Waals surface area contributed by atoms with E-state index in [0.717, 1.165) is 22.2 Å². The first kappa shape index (κ1) is 11.8. The summed E-state index contributed by atoms with van der Waals surface area (Å²) in [7, 11) is 0. The van der Waals surface area contributed by atoms with Gasteiger partial charge in [0.15, 0.2) is 0 Å². The molecule has 0 spiro atoms. The topological polar surface area (TPSA) is 63.8 Å². The van der Waals surface area contributed by atoms with Crippen LogP contribution in [0.3, 0.4) is 0 Å². The SMILES string of the molecule is NNC(c1ccc2ncccc2c1)c1ccccn1. The molecule has 0 aliphatic rings. The van der Waals surface area contributed by atoms with Crippen LogP contribution in [0.2, 0.25) is 0 Å².